The van der Waals surface area contributed by atoms with Crippen LogP contribution in [0.3, 0.4) is 0 Å². The largest absolute Gasteiger partial charge is 0.484 e. The zero-order chi connectivity index (χ0) is 11.4. The summed E-state index contributed by atoms with van der Waals surface area (Å²) in [7, 11) is 0. The zero-order valence-electron chi connectivity index (χ0n) is 8.56. The van der Waals surface area contributed by atoms with Crippen molar-refractivity contribution >= 4 is 11.4 Å². The SMILES string of the molecule is CC(C)Oc1cc(NN)ccc1[N+](=O)[O-]. The van der Waals surface area contributed by atoms with Crippen LogP contribution in [0.15, 0.2) is 18.2 Å². The van der Waals surface area contributed by atoms with E-state index in [1.165, 1.54) is 18.2 Å². The third-order valence-electron chi connectivity index (χ3n) is 1.69. The Hall–Kier alpha value is -1.82. The molecule has 1 rings (SSSR count). The van der Waals surface area contributed by atoms with Gasteiger partial charge in [-0.25, -0.2) is 0 Å². The fraction of sp³-hybridized carbons (Fsp3) is 0.333. The Morgan fingerprint density at radius 1 is 1.53 bits per heavy atom. The van der Waals surface area contributed by atoms with E-state index in [0.29, 0.717) is 5.69 Å². The van der Waals surface area contributed by atoms with Gasteiger partial charge in [-0.15, -0.1) is 0 Å². The summed E-state index contributed by atoms with van der Waals surface area (Å²) >= 11 is 0. The van der Waals surface area contributed by atoms with Crippen molar-refractivity contribution in [1.82, 2.24) is 0 Å². The van der Waals surface area contributed by atoms with Crippen molar-refractivity contribution < 1.29 is 9.66 Å². The van der Waals surface area contributed by atoms with Gasteiger partial charge in [0.25, 0.3) is 0 Å². The Balaban J connectivity index is 3.10. The summed E-state index contributed by atoms with van der Waals surface area (Å²) in [6.45, 7) is 3.60. The van der Waals surface area contributed by atoms with Gasteiger partial charge in [0, 0.05) is 12.1 Å². The van der Waals surface area contributed by atoms with Crippen LogP contribution in [0.4, 0.5) is 11.4 Å². The standard InChI is InChI=1S/C9H13N3O3/c1-6(2)15-9-5-7(11-10)3-4-8(9)12(13)14/h3-6,11H,10H2,1-2H3. The van der Waals surface area contributed by atoms with Gasteiger partial charge in [-0.3, -0.25) is 16.0 Å². The van der Waals surface area contributed by atoms with E-state index in [2.05, 4.69) is 5.43 Å². The molecule has 0 aliphatic rings. The lowest BCUT2D eigenvalue weighted by Crippen LogP contribution is -2.10. The average Bonchev–Trinajstić information content (AvgIpc) is 2.16. The number of hydrogen-bond acceptors (Lipinski definition) is 5. The van der Waals surface area contributed by atoms with Crippen molar-refractivity contribution in [3.05, 3.63) is 28.3 Å². The molecule has 0 fully saturated rings. The summed E-state index contributed by atoms with van der Waals surface area (Å²) in [5, 5.41) is 10.7. The highest BCUT2D eigenvalue weighted by molar-refractivity contribution is 5.57. The number of ether oxygens (including phenoxy) is 1. The van der Waals surface area contributed by atoms with Gasteiger partial charge in [-0.05, 0) is 19.9 Å². The van der Waals surface area contributed by atoms with Gasteiger partial charge < -0.3 is 10.2 Å². The molecule has 6 heteroatoms. The van der Waals surface area contributed by atoms with E-state index < -0.39 is 4.92 Å². The van der Waals surface area contributed by atoms with E-state index in [9.17, 15) is 10.1 Å². The van der Waals surface area contributed by atoms with Crippen LogP contribution in [0.5, 0.6) is 5.75 Å². The molecule has 0 saturated heterocycles. The predicted octanol–water partition coefficient (Wildman–Crippen LogP) is 1.67. The lowest BCUT2D eigenvalue weighted by Gasteiger charge is -2.10. The van der Waals surface area contributed by atoms with Gasteiger partial charge in [0.15, 0.2) is 5.75 Å². The molecule has 82 valence electrons. The van der Waals surface area contributed by atoms with Gasteiger partial charge in [-0.1, -0.05) is 0 Å². The molecule has 0 saturated carbocycles. The summed E-state index contributed by atoms with van der Waals surface area (Å²) in [4.78, 5) is 10.2. The van der Waals surface area contributed by atoms with Gasteiger partial charge in [0.2, 0.25) is 0 Å². The molecule has 0 spiro atoms. The van der Waals surface area contributed by atoms with Crippen LogP contribution in [0.25, 0.3) is 0 Å². The van der Waals surface area contributed by atoms with Crippen LogP contribution in [0.2, 0.25) is 0 Å². The molecule has 0 aromatic heterocycles. The molecule has 6 nitrogen and oxygen atoms in total. The summed E-state index contributed by atoms with van der Waals surface area (Å²) in [5.74, 6) is 5.41. The highest BCUT2D eigenvalue weighted by Crippen LogP contribution is 2.30. The van der Waals surface area contributed by atoms with Crippen molar-refractivity contribution in [3.63, 3.8) is 0 Å². The lowest BCUT2D eigenvalue weighted by molar-refractivity contribution is -0.386. The van der Waals surface area contributed by atoms with E-state index in [-0.39, 0.29) is 17.5 Å². The molecule has 0 aliphatic carbocycles. The van der Waals surface area contributed by atoms with Crippen LogP contribution in [0.1, 0.15) is 13.8 Å². The first-order valence-electron chi connectivity index (χ1n) is 4.46. The molecule has 0 radical (unpaired) electrons. The Labute approximate surface area is 87.2 Å². The van der Waals surface area contributed by atoms with E-state index in [0.717, 1.165) is 0 Å². The molecule has 0 amide bonds. The maximum absolute atomic E-state index is 10.7. The number of nitro groups is 1. The first-order valence-corrected chi connectivity index (χ1v) is 4.46. The minimum Gasteiger partial charge on any atom is -0.484 e. The van der Waals surface area contributed by atoms with Crippen LogP contribution < -0.4 is 16.0 Å². The number of benzene rings is 1. The van der Waals surface area contributed by atoms with Crippen molar-refractivity contribution in [3.8, 4) is 5.75 Å². The Bertz CT molecular complexity index is 366. The molecule has 1 aromatic rings. The normalized spacial score (nSPS) is 10.1. The first-order chi connectivity index (χ1) is 7.04. The van der Waals surface area contributed by atoms with Crippen LogP contribution in [-0.2, 0) is 0 Å². The Morgan fingerprint density at radius 2 is 2.20 bits per heavy atom. The number of rotatable bonds is 4. The van der Waals surface area contributed by atoms with E-state index in [1.807, 2.05) is 0 Å². The molecule has 0 bridgehead atoms. The minimum absolute atomic E-state index is 0.0669. The first kappa shape index (κ1) is 11.3. The highest BCUT2D eigenvalue weighted by Gasteiger charge is 2.16. The molecule has 3 N–H and O–H groups in total. The monoisotopic (exact) mass is 211 g/mol. The zero-order valence-corrected chi connectivity index (χ0v) is 8.56. The third-order valence-corrected chi connectivity index (χ3v) is 1.69. The smallest absolute Gasteiger partial charge is 0.311 e. The van der Waals surface area contributed by atoms with E-state index >= 15 is 0 Å². The summed E-state index contributed by atoms with van der Waals surface area (Å²) in [6, 6.07) is 4.37. The van der Waals surface area contributed by atoms with E-state index in [1.54, 1.807) is 13.8 Å². The predicted molar refractivity (Wildman–Crippen MR) is 56.7 cm³/mol. The second-order valence-corrected chi connectivity index (χ2v) is 3.25. The summed E-state index contributed by atoms with van der Waals surface area (Å²) in [5.41, 5.74) is 2.90. The molecule has 0 aliphatic heterocycles. The Kier molecular flexibility index (Phi) is 3.46. The third kappa shape index (κ3) is 2.81. The number of anilines is 1. The maximum Gasteiger partial charge on any atom is 0.311 e. The lowest BCUT2D eigenvalue weighted by atomic mass is 10.2. The van der Waals surface area contributed by atoms with Gasteiger partial charge in [0.05, 0.1) is 16.7 Å². The second-order valence-electron chi connectivity index (χ2n) is 3.25. The molecular formula is C9H13N3O3. The van der Waals surface area contributed by atoms with Crippen molar-refractivity contribution in [1.29, 1.82) is 0 Å². The van der Waals surface area contributed by atoms with Gasteiger partial charge >= 0.3 is 5.69 Å². The topological polar surface area (TPSA) is 90.4 Å². The van der Waals surface area contributed by atoms with Crippen molar-refractivity contribution in [2.45, 2.75) is 20.0 Å². The Morgan fingerprint density at radius 3 is 2.67 bits per heavy atom. The maximum atomic E-state index is 10.7. The molecule has 0 atom stereocenters. The molecule has 15 heavy (non-hydrogen) atoms. The fourth-order valence-corrected chi connectivity index (χ4v) is 1.10. The molecule has 1 aromatic carbocycles. The van der Waals surface area contributed by atoms with Gasteiger partial charge in [0.1, 0.15) is 0 Å². The number of hydrogen-bond donors (Lipinski definition) is 2. The fourth-order valence-electron chi connectivity index (χ4n) is 1.10. The number of nitrogen functional groups attached to an aromatic ring is 1. The van der Waals surface area contributed by atoms with Crippen LogP contribution in [-0.4, -0.2) is 11.0 Å². The quantitative estimate of drug-likeness (QED) is 0.449. The summed E-state index contributed by atoms with van der Waals surface area (Å²) in [6.07, 6.45) is -0.128. The van der Waals surface area contributed by atoms with E-state index in [4.69, 9.17) is 10.6 Å². The van der Waals surface area contributed by atoms with Gasteiger partial charge in [-0.2, -0.15) is 0 Å². The van der Waals surface area contributed by atoms with Crippen LogP contribution >= 0.6 is 0 Å². The number of hydrazine groups is 1. The number of nitrogens with one attached hydrogen (secondary N) is 1. The molecule has 0 heterocycles. The highest BCUT2D eigenvalue weighted by atomic mass is 16.6. The number of nitro benzene ring substituents is 1. The van der Waals surface area contributed by atoms with Crippen molar-refractivity contribution in [2.75, 3.05) is 5.43 Å². The summed E-state index contributed by atoms with van der Waals surface area (Å²) < 4.78 is 5.31. The minimum atomic E-state index is -0.488. The number of nitrogens with two attached hydrogens (primary N) is 1. The second kappa shape index (κ2) is 4.61. The van der Waals surface area contributed by atoms with Crippen LogP contribution in [0, 0.1) is 10.1 Å². The molecular weight excluding hydrogens is 198 g/mol. The van der Waals surface area contributed by atoms with Crippen molar-refractivity contribution in [2.24, 2.45) is 5.84 Å². The molecule has 0 unspecified atom stereocenters. The average molecular weight is 211 g/mol. The number of nitrogens with zero attached hydrogens (tertiary/aromatic N) is 1.